The molecule has 0 spiro atoms. The molecule has 2 aromatic carbocycles. The highest BCUT2D eigenvalue weighted by Gasteiger charge is 2.27. The van der Waals surface area contributed by atoms with Gasteiger partial charge in [-0.05, 0) is 30.7 Å². The summed E-state index contributed by atoms with van der Waals surface area (Å²) < 4.78 is 22.5. The number of hydrogen-bond acceptors (Lipinski definition) is 4. The lowest BCUT2D eigenvalue weighted by Crippen LogP contribution is -2.23. The van der Waals surface area contributed by atoms with Gasteiger partial charge in [0.25, 0.3) is 5.91 Å². The second-order valence-corrected chi connectivity index (χ2v) is 6.04. The highest BCUT2D eigenvalue weighted by atomic mass is 31.2. The van der Waals surface area contributed by atoms with E-state index in [1.165, 1.54) is 0 Å². The molecule has 0 heterocycles. The SMILES string of the molecule is CCOP(=O)(NC(=O)c1cccc2ccccc12)OCC. The van der Waals surface area contributed by atoms with E-state index in [9.17, 15) is 9.36 Å². The third-order valence-corrected chi connectivity index (χ3v) is 4.54. The van der Waals surface area contributed by atoms with E-state index in [1.54, 1.807) is 26.0 Å². The zero-order valence-electron chi connectivity index (χ0n) is 12.0. The summed E-state index contributed by atoms with van der Waals surface area (Å²) in [4.78, 5) is 12.4. The van der Waals surface area contributed by atoms with Crippen molar-refractivity contribution in [3.05, 3.63) is 48.0 Å². The van der Waals surface area contributed by atoms with Crippen molar-refractivity contribution in [1.82, 2.24) is 5.09 Å². The smallest absolute Gasteiger partial charge is 0.293 e. The van der Waals surface area contributed by atoms with Crippen LogP contribution in [0.5, 0.6) is 0 Å². The van der Waals surface area contributed by atoms with Gasteiger partial charge < -0.3 is 0 Å². The minimum atomic E-state index is -3.62. The summed E-state index contributed by atoms with van der Waals surface area (Å²) in [7, 11) is -3.62. The first-order valence-electron chi connectivity index (χ1n) is 6.79. The van der Waals surface area contributed by atoms with Crippen LogP contribution >= 0.6 is 7.75 Å². The maximum Gasteiger partial charge on any atom is 0.435 e. The molecule has 0 unspecified atom stereocenters. The number of fused-ring (bicyclic) bond motifs is 1. The predicted octanol–water partition coefficient (Wildman–Crippen LogP) is 3.75. The number of amides is 1. The third-order valence-electron chi connectivity index (χ3n) is 2.87. The Balaban J connectivity index is 2.32. The van der Waals surface area contributed by atoms with Crippen LogP contribution in [-0.4, -0.2) is 19.1 Å². The van der Waals surface area contributed by atoms with Crippen LogP contribution in [0.1, 0.15) is 24.2 Å². The normalized spacial score (nSPS) is 11.5. The van der Waals surface area contributed by atoms with Crippen molar-refractivity contribution in [1.29, 1.82) is 0 Å². The molecular formula is C15H18NO4P. The number of nitrogens with one attached hydrogen (secondary N) is 1. The van der Waals surface area contributed by atoms with Crippen molar-refractivity contribution in [3.8, 4) is 0 Å². The zero-order valence-corrected chi connectivity index (χ0v) is 12.9. The van der Waals surface area contributed by atoms with Crippen molar-refractivity contribution >= 4 is 24.4 Å². The fourth-order valence-electron chi connectivity index (χ4n) is 2.05. The second kappa shape index (κ2) is 6.85. The second-order valence-electron chi connectivity index (χ2n) is 4.30. The first-order chi connectivity index (χ1) is 10.1. The van der Waals surface area contributed by atoms with Gasteiger partial charge in [-0.15, -0.1) is 0 Å². The zero-order chi connectivity index (χ0) is 15.3. The molecule has 0 bridgehead atoms. The monoisotopic (exact) mass is 307 g/mol. The lowest BCUT2D eigenvalue weighted by Gasteiger charge is -2.18. The molecule has 1 N–H and O–H groups in total. The predicted molar refractivity (Wildman–Crippen MR) is 82.3 cm³/mol. The van der Waals surface area contributed by atoms with Gasteiger partial charge >= 0.3 is 7.75 Å². The van der Waals surface area contributed by atoms with Gasteiger partial charge in [-0.1, -0.05) is 36.4 Å². The molecule has 2 rings (SSSR count). The van der Waals surface area contributed by atoms with Crippen LogP contribution in [-0.2, 0) is 13.6 Å². The molecule has 2 aromatic rings. The Bertz CT molecular complexity index is 671. The van der Waals surface area contributed by atoms with Crippen LogP contribution in [0.4, 0.5) is 0 Å². The van der Waals surface area contributed by atoms with Gasteiger partial charge in [0.1, 0.15) is 0 Å². The molecule has 0 saturated heterocycles. The minimum Gasteiger partial charge on any atom is -0.293 e. The van der Waals surface area contributed by atoms with E-state index in [1.807, 2.05) is 30.3 Å². The van der Waals surface area contributed by atoms with E-state index >= 15 is 0 Å². The third kappa shape index (κ3) is 3.70. The van der Waals surface area contributed by atoms with E-state index in [-0.39, 0.29) is 13.2 Å². The van der Waals surface area contributed by atoms with E-state index in [0.29, 0.717) is 5.56 Å². The highest BCUT2D eigenvalue weighted by Crippen LogP contribution is 2.43. The first-order valence-corrected chi connectivity index (χ1v) is 8.33. The van der Waals surface area contributed by atoms with Gasteiger partial charge in [0.05, 0.1) is 13.2 Å². The van der Waals surface area contributed by atoms with Crippen molar-refractivity contribution in [2.75, 3.05) is 13.2 Å². The summed E-state index contributed by atoms with van der Waals surface area (Å²) in [5.74, 6) is -0.475. The largest absolute Gasteiger partial charge is 0.435 e. The van der Waals surface area contributed by atoms with Crippen molar-refractivity contribution < 1.29 is 18.4 Å². The average Bonchev–Trinajstić information content (AvgIpc) is 2.46. The van der Waals surface area contributed by atoms with Gasteiger partial charge in [0.15, 0.2) is 0 Å². The number of hydrogen-bond donors (Lipinski definition) is 1. The van der Waals surface area contributed by atoms with E-state index in [4.69, 9.17) is 9.05 Å². The van der Waals surface area contributed by atoms with E-state index < -0.39 is 13.7 Å². The molecule has 0 aliphatic carbocycles. The van der Waals surface area contributed by atoms with Gasteiger partial charge in [-0.25, -0.2) is 4.57 Å². The molecule has 0 aromatic heterocycles. The summed E-state index contributed by atoms with van der Waals surface area (Å²) in [6.07, 6.45) is 0. The highest BCUT2D eigenvalue weighted by molar-refractivity contribution is 7.52. The van der Waals surface area contributed by atoms with Crippen molar-refractivity contribution in [3.63, 3.8) is 0 Å². The van der Waals surface area contributed by atoms with Gasteiger partial charge in [-0.2, -0.15) is 0 Å². The Morgan fingerprint density at radius 2 is 1.67 bits per heavy atom. The summed E-state index contributed by atoms with van der Waals surface area (Å²) in [6, 6.07) is 12.9. The molecule has 0 atom stereocenters. The quantitative estimate of drug-likeness (QED) is 0.825. The standard InChI is InChI=1S/C15H18NO4P/c1-3-19-21(18,20-4-2)16-15(17)14-11-7-9-12-8-5-6-10-13(12)14/h5-11H,3-4H2,1-2H3,(H,16,17,18). The molecule has 112 valence electrons. The fraction of sp³-hybridized carbons (Fsp3) is 0.267. The number of carbonyl (C=O) groups excluding carboxylic acids is 1. The summed E-state index contributed by atoms with van der Waals surface area (Å²) >= 11 is 0. The molecule has 5 nitrogen and oxygen atoms in total. The molecule has 21 heavy (non-hydrogen) atoms. The average molecular weight is 307 g/mol. The lowest BCUT2D eigenvalue weighted by molar-refractivity contribution is 0.0962. The minimum absolute atomic E-state index is 0.188. The fourth-order valence-corrected chi connectivity index (χ4v) is 3.30. The molecule has 0 aliphatic heterocycles. The maximum atomic E-state index is 12.4. The Morgan fingerprint density at radius 1 is 1.05 bits per heavy atom. The molecule has 0 fully saturated rings. The number of carbonyl (C=O) groups is 1. The van der Waals surface area contributed by atoms with E-state index in [2.05, 4.69) is 5.09 Å². The first kappa shape index (κ1) is 15.7. The number of rotatable bonds is 6. The van der Waals surface area contributed by atoms with Crippen LogP contribution in [0.2, 0.25) is 0 Å². The van der Waals surface area contributed by atoms with Crippen molar-refractivity contribution in [2.45, 2.75) is 13.8 Å². The van der Waals surface area contributed by atoms with Crippen molar-refractivity contribution in [2.24, 2.45) is 0 Å². The lowest BCUT2D eigenvalue weighted by atomic mass is 10.0. The topological polar surface area (TPSA) is 64.6 Å². The van der Waals surface area contributed by atoms with Gasteiger partial charge in [0.2, 0.25) is 0 Å². The molecule has 0 saturated carbocycles. The van der Waals surface area contributed by atoms with Crippen LogP contribution in [0.25, 0.3) is 10.8 Å². The Hall–Kier alpha value is -1.68. The molecular weight excluding hydrogens is 289 g/mol. The number of benzene rings is 2. The summed E-state index contributed by atoms with van der Waals surface area (Å²) in [5, 5.41) is 4.10. The van der Waals surface area contributed by atoms with Crippen LogP contribution in [0.3, 0.4) is 0 Å². The van der Waals surface area contributed by atoms with Crippen LogP contribution in [0.15, 0.2) is 42.5 Å². The molecule has 0 radical (unpaired) electrons. The Labute approximate surface area is 123 Å². The maximum absolute atomic E-state index is 12.4. The molecule has 1 amide bonds. The van der Waals surface area contributed by atoms with Crippen LogP contribution < -0.4 is 5.09 Å². The van der Waals surface area contributed by atoms with Crippen LogP contribution in [0, 0.1) is 0 Å². The van der Waals surface area contributed by atoms with Gasteiger partial charge in [0, 0.05) is 5.56 Å². The molecule has 0 aliphatic rings. The summed E-state index contributed by atoms with van der Waals surface area (Å²) in [5.41, 5.74) is 0.438. The summed E-state index contributed by atoms with van der Waals surface area (Å²) in [6.45, 7) is 3.76. The van der Waals surface area contributed by atoms with Gasteiger partial charge in [-0.3, -0.25) is 18.9 Å². The van der Waals surface area contributed by atoms with E-state index in [0.717, 1.165) is 10.8 Å². The Kier molecular flexibility index (Phi) is 5.12. The molecule has 6 heteroatoms. The Morgan fingerprint density at radius 3 is 2.33 bits per heavy atom.